The Morgan fingerprint density at radius 2 is 1.80 bits per heavy atom. The molecule has 1 heterocycles. The Balaban J connectivity index is 1.57. The first-order valence-electron chi connectivity index (χ1n) is 9.30. The first-order valence-corrected chi connectivity index (χ1v) is 9.30. The number of esters is 1. The molecule has 3 atom stereocenters. The molecule has 2 aromatic rings. The lowest BCUT2D eigenvalue weighted by Gasteiger charge is -2.38. The van der Waals surface area contributed by atoms with Crippen LogP contribution in [0.5, 0.6) is 0 Å². The summed E-state index contributed by atoms with van der Waals surface area (Å²) in [6.45, 7) is 0. The standard InChI is InChI=1S/C20H24N2O3/c1-22-19(23)17-9-5-4-8-16(17)18(21-22)20(24)25-15-11-10-13-6-2-3-7-14(13)12-15/h4-5,8-9,13-15H,2-3,6-7,10-12H2,1H3/t13-,14+,15+/m0/s1. The molecular weight excluding hydrogens is 316 g/mol. The number of carbonyl (C=O) groups excluding carboxylic acids is 1. The second-order valence-electron chi connectivity index (χ2n) is 7.47. The van der Waals surface area contributed by atoms with Gasteiger partial charge < -0.3 is 4.74 Å². The average molecular weight is 340 g/mol. The van der Waals surface area contributed by atoms with E-state index < -0.39 is 5.97 Å². The Morgan fingerprint density at radius 1 is 1.08 bits per heavy atom. The summed E-state index contributed by atoms with van der Waals surface area (Å²) in [7, 11) is 1.57. The number of fused-ring (bicyclic) bond motifs is 2. The first-order chi connectivity index (χ1) is 12.1. The number of hydrogen-bond donors (Lipinski definition) is 0. The van der Waals surface area contributed by atoms with E-state index in [2.05, 4.69) is 5.10 Å². The molecule has 0 aliphatic heterocycles. The summed E-state index contributed by atoms with van der Waals surface area (Å²) in [5.74, 6) is 1.11. The lowest BCUT2D eigenvalue weighted by atomic mass is 9.70. The van der Waals surface area contributed by atoms with Gasteiger partial charge >= 0.3 is 5.97 Å². The zero-order valence-electron chi connectivity index (χ0n) is 14.6. The van der Waals surface area contributed by atoms with E-state index in [4.69, 9.17) is 4.74 Å². The number of ether oxygens (including phenoxy) is 1. The maximum Gasteiger partial charge on any atom is 0.359 e. The lowest BCUT2D eigenvalue weighted by molar-refractivity contribution is -0.00144. The van der Waals surface area contributed by atoms with Crippen molar-refractivity contribution in [3.8, 4) is 0 Å². The van der Waals surface area contributed by atoms with Gasteiger partial charge in [0.05, 0.1) is 5.39 Å². The highest BCUT2D eigenvalue weighted by atomic mass is 16.5. The predicted molar refractivity (Wildman–Crippen MR) is 95.5 cm³/mol. The van der Waals surface area contributed by atoms with Crippen LogP contribution in [-0.4, -0.2) is 21.9 Å². The van der Waals surface area contributed by atoms with Gasteiger partial charge in [0.2, 0.25) is 0 Å². The Labute approximate surface area is 147 Å². The fraction of sp³-hybridized carbons (Fsp3) is 0.550. The molecule has 0 amide bonds. The van der Waals surface area contributed by atoms with Crippen molar-refractivity contribution in [1.82, 2.24) is 9.78 Å². The number of hydrogen-bond acceptors (Lipinski definition) is 4. The summed E-state index contributed by atoms with van der Waals surface area (Å²) in [6, 6.07) is 7.10. The summed E-state index contributed by atoms with van der Waals surface area (Å²) in [5, 5.41) is 5.25. The van der Waals surface area contributed by atoms with E-state index >= 15 is 0 Å². The zero-order valence-corrected chi connectivity index (χ0v) is 14.6. The van der Waals surface area contributed by atoms with Crippen molar-refractivity contribution in [3.63, 3.8) is 0 Å². The third kappa shape index (κ3) is 3.08. The molecule has 5 heteroatoms. The highest BCUT2D eigenvalue weighted by molar-refractivity contribution is 6.02. The summed E-state index contributed by atoms with van der Waals surface area (Å²) in [4.78, 5) is 24.9. The number of carbonyl (C=O) groups is 1. The van der Waals surface area contributed by atoms with Crippen molar-refractivity contribution >= 4 is 16.7 Å². The molecule has 25 heavy (non-hydrogen) atoms. The Bertz CT molecular complexity index is 858. The molecule has 0 spiro atoms. The van der Waals surface area contributed by atoms with Crippen LogP contribution < -0.4 is 5.56 Å². The van der Waals surface area contributed by atoms with E-state index in [0.29, 0.717) is 16.7 Å². The minimum atomic E-state index is -0.411. The van der Waals surface area contributed by atoms with Crippen molar-refractivity contribution in [3.05, 3.63) is 40.3 Å². The molecule has 4 rings (SSSR count). The van der Waals surface area contributed by atoms with Crippen LogP contribution in [0.15, 0.2) is 29.1 Å². The van der Waals surface area contributed by atoms with Gasteiger partial charge in [0.1, 0.15) is 6.10 Å². The Morgan fingerprint density at radius 3 is 2.60 bits per heavy atom. The fourth-order valence-electron chi connectivity index (χ4n) is 4.60. The van der Waals surface area contributed by atoms with Gasteiger partial charge in [-0.05, 0) is 37.2 Å². The van der Waals surface area contributed by atoms with Crippen molar-refractivity contribution < 1.29 is 9.53 Å². The van der Waals surface area contributed by atoms with Crippen LogP contribution >= 0.6 is 0 Å². The molecule has 132 valence electrons. The predicted octanol–water partition coefficient (Wildman–Crippen LogP) is 3.45. The summed E-state index contributed by atoms with van der Waals surface area (Å²) in [6.07, 6.45) is 8.29. The van der Waals surface area contributed by atoms with Crippen LogP contribution in [0.3, 0.4) is 0 Å². The highest BCUT2D eigenvalue weighted by Crippen LogP contribution is 2.41. The summed E-state index contributed by atoms with van der Waals surface area (Å²) in [5.41, 5.74) is 0.0401. The van der Waals surface area contributed by atoms with Gasteiger partial charge in [-0.25, -0.2) is 9.48 Å². The number of aryl methyl sites for hydroxylation is 1. The van der Waals surface area contributed by atoms with Crippen LogP contribution in [0, 0.1) is 11.8 Å². The molecule has 0 radical (unpaired) electrons. The van der Waals surface area contributed by atoms with Gasteiger partial charge in [0.25, 0.3) is 5.56 Å². The molecule has 2 saturated carbocycles. The second kappa shape index (κ2) is 6.62. The third-order valence-electron chi connectivity index (χ3n) is 5.92. The van der Waals surface area contributed by atoms with E-state index in [1.54, 1.807) is 25.2 Å². The number of benzene rings is 1. The van der Waals surface area contributed by atoms with Gasteiger partial charge in [-0.3, -0.25) is 4.79 Å². The van der Waals surface area contributed by atoms with Crippen LogP contribution in [0.25, 0.3) is 10.8 Å². The quantitative estimate of drug-likeness (QED) is 0.786. The molecule has 0 saturated heterocycles. The smallest absolute Gasteiger partial charge is 0.359 e. The maximum atomic E-state index is 12.8. The van der Waals surface area contributed by atoms with E-state index in [1.165, 1.54) is 30.4 Å². The largest absolute Gasteiger partial charge is 0.458 e. The van der Waals surface area contributed by atoms with E-state index in [9.17, 15) is 9.59 Å². The molecule has 1 aromatic carbocycles. The van der Waals surface area contributed by atoms with Crippen molar-refractivity contribution in [2.45, 2.75) is 51.0 Å². The monoisotopic (exact) mass is 340 g/mol. The molecule has 0 bridgehead atoms. The average Bonchev–Trinajstić information content (AvgIpc) is 2.64. The minimum absolute atomic E-state index is 0.0235. The minimum Gasteiger partial charge on any atom is -0.458 e. The number of rotatable bonds is 2. The normalized spacial score (nSPS) is 26.2. The van der Waals surface area contributed by atoms with E-state index in [-0.39, 0.29) is 17.4 Å². The number of nitrogens with zero attached hydrogens (tertiary/aromatic N) is 2. The zero-order chi connectivity index (χ0) is 17.4. The third-order valence-corrected chi connectivity index (χ3v) is 5.92. The van der Waals surface area contributed by atoms with Crippen molar-refractivity contribution in [1.29, 1.82) is 0 Å². The van der Waals surface area contributed by atoms with Gasteiger partial charge in [-0.1, -0.05) is 43.9 Å². The second-order valence-corrected chi connectivity index (χ2v) is 7.47. The van der Waals surface area contributed by atoms with Crippen LogP contribution in [0.4, 0.5) is 0 Å². The SMILES string of the molecule is Cn1nc(C(=O)O[C@@H]2CC[C@@H]3CCCC[C@@H]3C2)c2ccccc2c1=O. The van der Waals surface area contributed by atoms with Gasteiger partial charge in [-0.2, -0.15) is 5.10 Å². The molecule has 0 N–H and O–H groups in total. The fourth-order valence-corrected chi connectivity index (χ4v) is 4.60. The van der Waals surface area contributed by atoms with Crippen LogP contribution in [0.2, 0.25) is 0 Å². The van der Waals surface area contributed by atoms with Crippen LogP contribution in [-0.2, 0) is 11.8 Å². The maximum absolute atomic E-state index is 12.8. The lowest BCUT2D eigenvalue weighted by Crippen LogP contribution is -2.33. The van der Waals surface area contributed by atoms with E-state index in [1.807, 2.05) is 6.07 Å². The molecule has 5 nitrogen and oxygen atoms in total. The molecule has 1 aromatic heterocycles. The number of aromatic nitrogens is 2. The molecule has 2 aliphatic rings. The van der Waals surface area contributed by atoms with Crippen molar-refractivity contribution in [2.24, 2.45) is 18.9 Å². The Hall–Kier alpha value is -2.17. The van der Waals surface area contributed by atoms with Gasteiger partial charge in [0, 0.05) is 12.4 Å². The van der Waals surface area contributed by atoms with Crippen LogP contribution in [0.1, 0.15) is 55.4 Å². The molecular formula is C20H24N2O3. The summed E-state index contributed by atoms with van der Waals surface area (Å²) < 4.78 is 7.03. The molecule has 0 unspecified atom stereocenters. The summed E-state index contributed by atoms with van der Waals surface area (Å²) >= 11 is 0. The molecule has 2 fully saturated rings. The Kier molecular flexibility index (Phi) is 4.32. The van der Waals surface area contributed by atoms with E-state index in [0.717, 1.165) is 25.2 Å². The van der Waals surface area contributed by atoms with Gasteiger partial charge in [-0.15, -0.1) is 0 Å². The first kappa shape index (κ1) is 16.3. The van der Waals surface area contributed by atoms with Gasteiger partial charge in [0.15, 0.2) is 5.69 Å². The highest BCUT2D eigenvalue weighted by Gasteiger charge is 2.34. The van der Waals surface area contributed by atoms with Crippen molar-refractivity contribution in [2.75, 3.05) is 0 Å². The topological polar surface area (TPSA) is 61.2 Å². The molecule has 2 aliphatic carbocycles.